The molecule has 0 unspecified atom stereocenters. The molecule has 8 heteroatoms. The maximum Gasteiger partial charge on any atom is 0.261 e. The van der Waals surface area contributed by atoms with E-state index in [1.165, 1.54) is 23.8 Å². The molecule has 0 saturated heterocycles. The number of imide groups is 1. The molecular formula is C21H22N2O5S. The molecule has 3 amide bonds. The normalized spacial score (nSPS) is 12.7. The molecule has 1 N–H and O–H groups in total. The van der Waals surface area contributed by atoms with Gasteiger partial charge < -0.3 is 14.8 Å². The first-order valence-corrected chi connectivity index (χ1v) is 10.3. The first-order chi connectivity index (χ1) is 14.0. The lowest BCUT2D eigenvalue weighted by molar-refractivity contribution is -0.113. The number of anilines is 1. The second-order valence-corrected chi connectivity index (χ2v) is 7.44. The number of carbonyl (C=O) groups excluding carboxylic acids is 3. The van der Waals surface area contributed by atoms with Gasteiger partial charge in [0.15, 0.2) is 11.5 Å². The SMILES string of the molecule is COc1ccc(NC(=O)CSCCCN2C(=O)c3ccccc3C2=O)cc1OC. The number of nitrogens with one attached hydrogen (secondary N) is 1. The Morgan fingerprint density at radius 3 is 2.28 bits per heavy atom. The maximum atomic E-state index is 12.3. The van der Waals surface area contributed by atoms with Crippen molar-refractivity contribution in [3.63, 3.8) is 0 Å². The van der Waals surface area contributed by atoms with Crippen LogP contribution in [-0.4, -0.2) is 54.9 Å². The highest BCUT2D eigenvalue weighted by atomic mass is 32.2. The first kappa shape index (κ1) is 20.7. The fraction of sp³-hybridized carbons (Fsp3) is 0.286. The molecule has 0 aliphatic carbocycles. The van der Waals surface area contributed by atoms with Crippen LogP contribution >= 0.6 is 11.8 Å². The highest BCUT2D eigenvalue weighted by Crippen LogP contribution is 2.29. The molecule has 0 bridgehead atoms. The summed E-state index contributed by atoms with van der Waals surface area (Å²) in [6.45, 7) is 0.344. The third kappa shape index (κ3) is 4.71. The molecule has 2 aromatic carbocycles. The zero-order chi connectivity index (χ0) is 20.8. The van der Waals surface area contributed by atoms with Gasteiger partial charge in [0.2, 0.25) is 5.91 Å². The van der Waals surface area contributed by atoms with Gasteiger partial charge >= 0.3 is 0 Å². The summed E-state index contributed by atoms with van der Waals surface area (Å²) < 4.78 is 10.4. The predicted octanol–water partition coefficient (Wildman–Crippen LogP) is 3.06. The van der Waals surface area contributed by atoms with Crippen LogP contribution in [0, 0.1) is 0 Å². The summed E-state index contributed by atoms with van der Waals surface area (Å²) in [6.07, 6.45) is 0.625. The van der Waals surface area contributed by atoms with Gasteiger partial charge in [-0.1, -0.05) is 12.1 Å². The van der Waals surface area contributed by atoms with Crippen LogP contribution in [0.1, 0.15) is 27.1 Å². The average Bonchev–Trinajstić information content (AvgIpc) is 2.98. The Hall–Kier alpha value is -3.00. The number of rotatable bonds is 9. The van der Waals surface area contributed by atoms with Crippen molar-refractivity contribution in [1.29, 1.82) is 0 Å². The third-order valence-corrected chi connectivity index (χ3v) is 5.49. The lowest BCUT2D eigenvalue weighted by atomic mass is 10.1. The first-order valence-electron chi connectivity index (χ1n) is 9.10. The third-order valence-electron chi connectivity index (χ3n) is 4.45. The van der Waals surface area contributed by atoms with Crippen LogP contribution in [0.15, 0.2) is 42.5 Å². The Labute approximate surface area is 173 Å². The van der Waals surface area contributed by atoms with Gasteiger partial charge in [-0.05, 0) is 36.4 Å². The number of thioether (sulfide) groups is 1. The Bertz CT molecular complexity index is 896. The summed E-state index contributed by atoms with van der Waals surface area (Å²) in [5.41, 5.74) is 1.54. The monoisotopic (exact) mass is 414 g/mol. The summed E-state index contributed by atoms with van der Waals surface area (Å²) in [5, 5.41) is 2.81. The number of ether oxygens (including phenoxy) is 2. The van der Waals surface area contributed by atoms with E-state index in [0.717, 1.165) is 0 Å². The van der Waals surface area contributed by atoms with Crippen molar-refractivity contribution in [3.8, 4) is 11.5 Å². The van der Waals surface area contributed by atoms with Crippen molar-refractivity contribution < 1.29 is 23.9 Å². The molecule has 0 fully saturated rings. The van der Waals surface area contributed by atoms with Gasteiger partial charge in [-0.25, -0.2) is 0 Å². The van der Waals surface area contributed by atoms with Crippen LogP contribution in [0.25, 0.3) is 0 Å². The van der Waals surface area contributed by atoms with E-state index in [1.54, 1.807) is 49.6 Å². The van der Waals surface area contributed by atoms with E-state index in [2.05, 4.69) is 5.32 Å². The molecule has 0 spiro atoms. The van der Waals surface area contributed by atoms with Crippen LogP contribution < -0.4 is 14.8 Å². The molecule has 0 saturated carbocycles. The minimum absolute atomic E-state index is 0.136. The summed E-state index contributed by atoms with van der Waals surface area (Å²) >= 11 is 1.45. The topological polar surface area (TPSA) is 84.9 Å². The zero-order valence-corrected chi connectivity index (χ0v) is 17.1. The van der Waals surface area contributed by atoms with Gasteiger partial charge in [0.1, 0.15) is 0 Å². The lowest BCUT2D eigenvalue weighted by Gasteiger charge is -2.13. The predicted molar refractivity (Wildman–Crippen MR) is 112 cm³/mol. The Balaban J connectivity index is 1.41. The number of fused-ring (bicyclic) bond motifs is 1. The molecule has 29 heavy (non-hydrogen) atoms. The second-order valence-electron chi connectivity index (χ2n) is 6.33. The highest BCUT2D eigenvalue weighted by molar-refractivity contribution is 7.99. The van der Waals surface area contributed by atoms with Crippen molar-refractivity contribution in [3.05, 3.63) is 53.6 Å². The van der Waals surface area contributed by atoms with E-state index < -0.39 is 0 Å². The molecule has 0 radical (unpaired) electrons. The molecular weight excluding hydrogens is 392 g/mol. The molecule has 1 aliphatic rings. The molecule has 152 valence electrons. The average molecular weight is 414 g/mol. The van der Waals surface area contributed by atoms with Crippen molar-refractivity contribution in [2.45, 2.75) is 6.42 Å². The molecule has 2 aromatic rings. The van der Waals surface area contributed by atoms with E-state index >= 15 is 0 Å². The number of hydrogen-bond acceptors (Lipinski definition) is 6. The summed E-state index contributed by atoms with van der Waals surface area (Å²) in [6, 6.07) is 12.0. The highest BCUT2D eigenvalue weighted by Gasteiger charge is 2.34. The molecule has 1 heterocycles. The summed E-state index contributed by atoms with van der Waals surface area (Å²) in [5.74, 6) is 1.43. The zero-order valence-electron chi connectivity index (χ0n) is 16.3. The maximum absolute atomic E-state index is 12.3. The lowest BCUT2D eigenvalue weighted by Crippen LogP contribution is -2.31. The number of methoxy groups -OCH3 is 2. The largest absolute Gasteiger partial charge is 0.493 e. The Morgan fingerprint density at radius 1 is 1.00 bits per heavy atom. The standard InChI is InChI=1S/C21H22N2O5S/c1-27-17-9-8-14(12-18(17)28-2)22-19(24)13-29-11-5-10-23-20(25)15-6-3-4-7-16(15)21(23)26/h3-4,6-9,12H,5,10-11,13H2,1-2H3,(H,22,24). The van der Waals surface area contributed by atoms with Gasteiger partial charge in [-0.3, -0.25) is 19.3 Å². The summed E-state index contributed by atoms with van der Waals surface area (Å²) in [4.78, 5) is 38.0. The minimum atomic E-state index is -0.248. The van der Waals surface area contributed by atoms with Crippen LogP contribution in [-0.2, 0) is 4.79 Å². The van der Waals surface area contributed by atoms with Gasteiger partial charge in [-0.2, -0.15) is 11.8 Å². The fourth-order valence-electron chi connectivity index (χ4n) is 3.04. The number of nitrogens with zero attached hydrogens (tertiary/aromatic N) is 1. The Kier molecular flexibility index (Phi) is 6.77. The molecule has 0 aromatic heterocycles. The van der Waals surface area contributed by atoms with Gasteiger partial charge in [0.25, 0.3) is 11.8 Å². The molecule has 0 atom stereocenters. The number of benzene rings is 2. The van der Waals surface area contributed by atoms with Gasteiger partial charge in [-0.15, -0.1) is 0 Å². The molecule has 3 rings (SSSR count). The quantitative estimate of drug-likeness (QED) is 0.501. The van der Waals surface area contributed by atoms with Crippen molar-refractivity contribution in [1.82, 2.24) is 4.90 Å². The van der Waals surface area contributed by atoms with E-state index in [-0.39, 0.29) is 23.5 Å². The number of hydrogen-bond donors (Lipinski definition) is 1. The Morgan fingerprint density at radius 2 is 1.66 bits per heavy atom. The van der Waals surface area contributed by atoms with Crippen LogP contribution in [0.3, 0.4) is 0 Å². The molecule has 7 nitrogen and oxygen atoms in total. The van der Waals surface area contributed by atoms with E-state index in [4.69, 9.17) is 9.47 Å². The number of carbonyl (C=O) groups is 3. The fourth-order valence-corrected chi connectivity index (χ4v) is 3.78. The second kappa shape index (κ2) is 9.47. The smallest absolute Gasteiger partial charge is 0.261 e. The minimum Gasteiger partial charge on any atom is -0.493 e. The van der Waals surface area contributed by atoms with E-state index in [9.17, 15) is 14.4 Å². The van der Waals surface area contributed by atoms with E-state index in [1.807, 2.05) is 0 Å². The van der Waals surface area contributed by atoms with Crippen molar-refractivity contribution in [2.24, 2.45) is 0 Å². The van der Waals surface area contributed by atoms with Crippen molar-refractivity contribution in [2.75, 3.05) is 37.6 Å². The molecule has 1 aliphatic heterocycles. The number of amides is 3. The van der Waals surface area contributed by atoms with E-state index in [0.29, 0.717) is 47.0 Å². The van der Waals surface area contributed by atoms with Gasteiger partial charge in [0.05, 0.1) is 31.1 Å². The van der Waals surface area contributed by atoms with Crippen molar-refractivity contribution >= 4 is 35.2 Å². The van der Waals surface area contributed by atoms with Crippen LogP contribution in [0.2, 0.25) is 0 Å². The summed E-state index contributed by atoms with van der Waals surface area (Å²) in [7, 11) is 3.09. The van der Waals surface area contributed by atoms with Crippen LogP contribution in [0.5, 0.6) is 11.5 Å². The van der Waals surface area contributed by atoms with Gasteiger partial charge in [0, 0.05) is 18.3 Å². The van der Waals surface area contributed by atoms with Crippen LogP contribution in [0.4, 0.5) is 5.69 Å².